The molecular formula is C19H26N4O2. The fourth-order valence-electron chi connectivity index (χ4n) is 4.03. The van der Waals surface area contributed by atoms with E-state index in [1.54, 1.807) is 4.57 Å². The molecule has 2 aliphatic rings. The molecule has 1 aromatic carbocycles. The molecule has 0 spiro atoms. The summed E-state index contributed by atoms with van der Waals surface area (Å²) in [5.74, 6) is 1.97. The second-order valence-electron chi connectivity index (χ2n) is 7.26. The number of benzene rings is 1. The number of hydrogen-bond acceptors (Lipinski definition) is 4. The van der Waals surface area contributed by atoms with E-state index in [0.717, 1.165) is 57.1 Å². The van der Waals surface area contributed by atoms with Crippen molar-refractivity contribution in [2.75, 3.05) is 32.8 Å². The Bertz CT molecular complexity index is 725. The van der Waals surface area contributed by atoms with Crippen LogP contribution in [0.1, 0.15) is 36.6 Å². The first-order chi connectivity index (χ1) is 12.3. The molecule has 0 unspecified atom stereocenters. The van der Waals surface area contributed by atoms with Crippen molar-refractivity contribution >= 4 is 0 Å². The third-order valence-corrected chi connectivity index (χ3v) is 5.46. The maximum Gasteiger partial charge on any atom is 0.343 e. The topological polar surface area (TPSA) is 63.1 Å². The maximum absolute atomic E-state index is 12.2. The first-order valence-electron chi connectivity index (χ1n) is 9.28. The predicted octanol–water partition coefficient (Wildman–Crippen LogP) is 1.84. The van der Waals surface area contributed by atoms with Gasteiger partial charge in [0.2, 0.25) is 0 Å². The van der Waals surface area contributed by atoms with Crippen LogP contribution in [0.15, 0.2) is 35.1 Å². The van der Waals surface area contributed by atoms with E-state index >= 15 is 0 Å². The van der Waals surface area contributed by atoms with Crippen LogP contribution < -0.4 is 5.69 Å². The van der Waals surface area contributed by atoms with Crippen molar-refractivity contribution in [1.82, 2.24) is 19.7 Å². The quantitative estimate of drug-likeness (QED) is 0.900. The van der Waals surface area contributed by atoms with Gasteiger partial charge in [0.05, 0.1) is 13.2 Å². The van der Waals surface area contributed by atoms with Gasteiger partial charge in [-0.25, -0.2) is 9.89 Å². The van der Waals surface area contributed by atoms with Crippen LogP contribution in [0.25, 0.3) is 0 Å². The summed E-state index contributed by atoms with van der Waals surface area (Å²) in [7, 11) is 0. The minimum Gasteiger partial charge on any atom is -0.381 e. The molecule has 2 fully saturated rings. The number of nitrogens with zero attached hydrogens (tertiary/aromatic N) is 3. The third-order valence-electron chi connectivity index (χ3n) is 5.46. The number of H-pyrrole nitrogens is 1. The fraction of sp³-hybridized carbons (Fsp3) is 0.579. The lowest BCUT2D eigenvalue weighted by Crippen LogP contribution is -2.37. The van der Waals surface area contributed by atoms with Crippen LogP contribution in [0, 0.1) is 5.92 Å². The first-order valence-corrected chi connectivity index (χ1v) is 9.28. The Labute approximate surface area is 147 Å². The monoisotopic (exact) mass is 342 g/mol. The van der Waals surface area contributed by atoms with Gasteiger partial charge >= 0.3 is 5.69 Å². The normalized spacial score (nSPS) is 22.5. The highest BCUT2D eigenvalue weighted by atomic mass is 16.5. The molecule has 0 bridgehead atoms. The van der Waals surface area contributed by atoms with Gasteiger partial charge in [0.1, 0.15) is 5.82 Å². The van der Waals surface area contributed by atoms with E-state index in [1.807, 2.05) is 18.2 Å². The first kappa shape index (κ1) is 16.5. The third kappa shape index (κ3) is 3.85. The van der Waals surface area contributed by atoms with Crippen LogP contribution in [-0.4, -0.2) is 52.5 Å². The lowest BCUT2D eigenvalue weighted by molar-refractivity contribution is 0.150. The van der Waals surface area contributed by atoms with Gasteiger partial charge < -0.3 is 9.64 Å². The van der Waals surface area contributed by atoms with Crippen LogP contribution in [0.2, 0.25) is 0 Å². The van der Waals surface area contributed by atoms with Gasteiger partial charge in [-0.1, -0.05) is 30.3 Å². The fourth-order valence-corrected chi connectivity index (χ4v) is 4.03. The van der Waals surface area contributed by atoms with E-state index in [9.17, 15) is 4.79 Å². The van der Waals surface area contributed by atoms with Gasteiger partial charge in [-0.2, -0.15) is 5.10 Å². The second kappa shape index (κ2) is 7.54. The smallest absolute Gasteiger partial charge is 0.343 e. The largest absolute Gasteiger partial charge is 0.381 e. The Balaban J connectivity index is 1.40. The highest BCUT2D eigenvalue weighted by Crippen LogP contribution is 2.27. The lowest BCUT2D eigenvalue weighted by atomic mass is 9.95. The zero-order chi connectivity index (χ0) is 17.1. The molecule has 134 valence electrons. The molecule has 4 rings (SSSR count). The summed E-state index contributed by atoms with van der Waals surface area (Å²) in [4.78, 5) is 14.7. The molecule has 0 saturated carbocycles. The number of hydrogen-bond donors (Lipinski definition) is 1. The molecule has 1 N–H and O–H groups in total. The van der Waals surface area contributed by atoms with Crippen LogP contribution >= 0.6 is 0 Å². The maximum atomic E-state index is 12.2. The molecule has 0 amide bonds. The molecule has 0 radical (unpaired) electrons. The molecule has 3 heterocycles. The molecule has 6 nitrogen and oxygen atoms in total. The number of aromatic amines is 1. The lowest BCUT2D eigenvalue weighted by Gasteiger charge is -2.32. The summed E-state index contributed by atoms with van der Waals surface area (Å²) in [6, 6.07) is 10.1. The van der Waals surface area contributed by atoms with Gasteiger partial charge in [0, 0.05) is 19.1 Å². The van der Waals surface area contributed by atoms with E-state index in [4.69, 9.17) is 4.74 Å². The van der Waals surface area contributed by atoms with Crippen molar-refractivity contribution in [2.24, 2.45) is 5.92 Å². The minimum atomic E-state index is -0.107. The average Bonchev–Trinajstić information content (AvgIpc) is 3.28. The van der Waals surface area contributed by atoms with E-state index in [2.05, 4.69) is 27.2 Å². The van der Waals surface area contributed by atoms with Gasteiger partial charge in [-0.15, -0.1) is 0 Å². The van der Waals surface area contributed by atoms with Crippen molar-refractivity contribution in [3.8, 4) is 0 Å². The van der Waals surface area contributed by atoms with E-state index in [-0.39, 0.29) is 5.69 Å². The van der Waals surface area contributed by atoms with Gasteiger partial charge in [0.25, 0.3) is 0 Å². The number of rotatable bonds is 5. The minimum absolute atomic E-state index is 0.107. The predicted molar refractivity (Wildman–Crippen MR) is 95.7 cm³/mol. The highest BCUT2D eigenvalue weighted by Gasteiger charge is 2.27. The summed E-state index contributed by atoms with van der Waals surface area (Å²) in [5.41, 5.74) is 1.02. The number of likely N-dealkylation sites (tertiary alicyclic amines) is 1. The summed E-state index contributed by atoms with van der Waals surface area (Å²) >= 11 is 0. The SMILES string of the molecule is O=c1[nH]nc(C2CCN(C[C@H]3CCOC3)CC2)n1Cc1ccccc1. The Morgan fingerprint density at radius 2 is 1.96 bits per heavy atom. The van der Waals surface area contributed by atoms with Crippen molar-refractivity contribution in [3.63, 3.8) is 0 Å². The molecule has 2 saturated heterocycles. The van der Waals surface area contributed by atoms with Crippen LogP contribution in [0.3, 0.4) is 0 Å². The van der Waals surface area contributed by atoms with Crippen molar-refractivity contribution in [1.29, 1.82) is 0 Å². The molecular weight excluding hydrogens is 316 g/mol. The van der Waals surface area contributed by atoms with Crippen molar-refractivity contribution < 1.29 is 4.74 Å². The van der Waals surface area contributed by atoms with E-state index in [0.29, 0.717) is 18.4 Å². The Hall–Kier alpha value is -1.92. The molecule has 1 atom stereocenters. The number of nitrogens with one attached hydrogen (secondary N) is 1. The Kier molecular flexibility index (Phi) is 4.99. The average molecular weight is 342 g/mol. The Morgan fingerprint density at radius 1 is 1.16 bits per heavy atom. The molecule has 25 heavy (non-hydrogen) atoms. The standard InChI is InChI=1S/C19H26N4O2/c24-19-21-20-18(23(19)13-15-4-2-1-3-5-15)17-6-9-22(10-7-17)12-16-8-11-25-14-16/h1-5,16-17H,6-14H2,(H,21,24)/t16-/m1/s1. The molecule has 0 aliphatic carbocycles. The van der Waals surface area contributed by atoms with E-state index in [1.165, 1.54) is 6.42 Å². The molecule has 6 heteroatoms. The highest BCUT2D eigenvalue weighted by molar-refractivity contribution is 5.16. The van der Waals surface area contributed by atoms with Crippen LogP contribution in [0.5, 0.6) is 0 Å². The van der Waals surface area contributed by atoms with Crippen LogP contribution in [-0.2, 0) is 11.3 Å². The zero-order valence-electron chi connectivity index (χ0n) is 14.6. The molecule has 1 aromatic heterocycles. The number of aromatic nitrogens is 3. The van der Waals surface area contributed by atoms with Crippen molar-refractivity contribution in [3.05, 3.63) is 52.2 Å². The molecule has 2 aliphatic heterocycles. The van der Waals surface area contributed by atoms with Crippen LogP contribution in [0.4, 0.5) is 0 Å². The zero-order valence-corrected chi connectivity index (χ0v) is 14.6. The molecule has 2 aromatic rings. The van der Waals surface area contributed by atoms with Gasteiger partial charge in [-0.05, 0) is 43.8 Å². The number of piperidine rings is 1. The Morgan fingerprint density at radius 3 is 2.68 bits per heavy atom. The summed E-state index contributed by atoms with van der Waals surface area (Å²) in [6.45, 7) is 5.71. The van der Waals surface area contributed by atoms with Gasteiger partial charge in [-0.3, -0.25) is 4.57 Å². The summed E-state index contributed by atoms with van der Waals surface area (Å²) < 4.78 is 7.29. The van der Waals surface area contributed by atoms with Gasteiger partial charge in [0.15, 0.2) is 0 Å². The summed E-state index contributed by atoms with van der Waals surface area (Å²) in [6.07, 6.45) is 3.31. The van der Waals surface area contributed by atoms with Crippen molar-refractivity contribution in [2.45, 2.75) is 31.7 Å². The second-order valence-corrected chi connectivity index (χ2v) is 7.26. The number of ether oxygens (including phenoxy) is 1. The summed E-state index contributed by atoms with van der Waals surface area (Å²) in [5, 5.41) is 7.00. The van der Waals surface area contributed by atoms with E-state index < -0.39 is 0 Å².